The maximum absolute atomic E-state index is 12.3. The maximum atomic E-state index is 12.3. The van der Waals surface area contributed by atoms with Crippen LogP contribution in [0.25, 0.3) is 10.9 Å². The fourth-order valence-electron chi connectivity index (χ4n) is 4.69. The van der Waals surface area contributed by atoms with Crippen molar-refractivity contribution in [2.24, 2.45) is 5.92 Å². The summed E-state index contributed by atoms with van der Waals surface area (Å²) >= 11 is 13.1. The van der Waals surface area contributed by atoms with Crippen LogP contribution in [-0.4, -0.2) is 57.3 Å². The SMILES string of the molecule is CC(=O)N1CCC(C(O)(c2ccccc2)c2ccc3nc(Cl)c(OC(C)C)c(Cl)c3c2)CC1.O=C(O)C(F)(F)F. The zero-order chi connectivity index (χ0) is 29.8. The first-order valence-electron chi connectivity index (χ1n) is 12.5. The van der Waals surface area contributed by atoms with Crippen LogP contribution in [0.5, 0.6) is 5.75 Å². The van der Waals surface area contributed by atoms with Gasteiger partial charge in [-0.2, -0.15) is 13.2 Å². The van der Waals surface area contributed by atoms with Gasteiger partial charge in [0.1, 0.15) is 5.60 Å². The highest BCUT2D eigenvalue weighted by molar-refractivity contribution is 6.40. The van der Waals surface area contributed by atoms with E-state index >= 15 is 0 Å². The molecule has 40 heavy (non-hydrogen) atoms. The number of aliphatic carboxylic acids is 1. The van der Waals surface area contributed by atoms with Crippen molar-refractivity contribution in [1.82, 2.24) is 9.88 Å². The molecule has 1 saturated heterocycles. The van der Waals surface area contributed by atoms with Crippen LogP contribution in [0.3, 0.4) is 0 Å². The van der Waals surface area contributed by atoms with Gasteiger partial charge in [-0.15, -0.1) is 0 Å². The van der Waals surface area contributed by atoms with Gasteiger partial charge in [0.15, 0.2) is 10.9 Å². The van der Waals surface area contributed by atoms with E-state index in [9.17, 15) is 23.1 Å². The lowest BCUT2D eigenvalue weighted by atomic mass is 9.72. The lowest BCUT2D eigenvalue weighted by Crippen LogP contribution is -2.45. The van der Waals surface area contributed by atoms with Crippen molar-refractivity contribution in [3.63, 3.8) is 0 Å². The van der Waals surface area contributed by atoms with E-state index in [2.05, 4.69) is 4.98 Å². The number of carboxylic acid groups (broad SMARTS) is 1. The lowest BCUT2D eigenvalue weighted by Gasteiger charge is -2.42. The molecule has 0 saturated carbocycles. The second kappa shape index (κ2) is 12.6. The van der Waals surface area contributed by atoms with Gasteiger partial charge >= 0.3 is 12.1 Å². The normalized spacial score (nSPS) is 15.8. The standard InChI is InChI=1S/C26H28Cl2N2O3.C2HF3O2/c1-16(2)33-24-23(27)21-15-20(9-10-22(21)29-25(24)28)26(32,18-7-5-4-6-8-18)19-11-13-30(14-12-19)17(3)31;3-2(4,5)1(6)7/h4-10,15-16,19,32H,11-14H2,1-3H3;(H,6,7). The van der Waals surface area contributed by atoms with Gasteiger partial charge in [0.2, 0.25) is 5.91 Å². The Morgan fingerprint density at radius 2 is 1.62 bits per heavy atom. The van der Waals surface area contributed by atoms with E-state index in [0.29, 0.717) is 47.6 Å². The topological polar surface area (TPSA) is 100.0 Å². The first kappa shape index (κ1) is 31.4. The highest BCUT2D eigenvalue weighted by Gasteiger charge is 2.42. The minimum Gasteiger partial charge on any atom is -0.486 e. The van der Waals surface area contributed by atoms with Crippen LogP contribution >= 0.6 is 23.2 Å². The highest BCUT2D eigenvalue weighted by atomic mass is 35.5. The molecule has 0 bridgehead atoms. The van der Waals surface area contributed by atoms with E-state index in [4.69, 9.17) is 37.8 Å². The molecule has 0 aliphatic carbocycles. The summed E-state index contributed by atoms with van der Waals surface area (Å²) in [5.74, 6) is -2.42. The fourth-order valence-corrected chi connectivity index (χ4v) is 5.26. The predicted octanol–water partition coefficient (Wildman–Crippen LogP) is 6.46. The first-order valence-corrected chi connectivity index (χ1v) is 13.2. The molecule has 4 rings (SSSR count). The van der Waals surface area contributed by atoms with Gasteiger partial charge in [0, 0.05) is 25.4 Å². The molecule has 7 nitrogen and oxygen atoms in total. The van der Waals surface area contributed by atoms with Crippen LogP contribution in [0, 0.1) is 5.92 Å². The molecule has 216 valence electrons. The Morgan fingerprint density at radius 1 is 1.05 bits per heavy atom. The number of rotatable bonds is 5. The zero-order valence-corrected chi connectivity index (χ0v) is 23.5. The number of likely N-dealkylation sites (tertiary alicyclic amines) is 1. The summed E-state index contributed by atoms with van der Waals surface area (Å²) in [6, 6.07) is 15.3. The number of carboxylic acids is 1. The number of pyridine rings is 1. The molecule has 0 radical (unpaired) electrons. The predicted molar refractivity (Wildman–Crippen MR) is 146 cm³/mol. The Balaban J connectivity index is 0.000000559. The minimum atomic E-state index is -5.08. The number of alkyl halides is 3. The highest BCUT2D eigenvalue weighted by Crippen LogP contribution is 2.45. The third-order valence-corrected chi connectivity index (χ3v) is 7.25. The largest absolute Gasteiger partial charge is 0.490 e. The Hall–Kier alpha value is -3.08. The van der Waals surface area contributed by atoms with Crippen molar-refractivity contribution in [3.05, 3.63) is 69.8 Å². The number of aliphatic hydroxyl groups is 1. The second-order valence-electron chi connectivity index (χ2n) is 9.66. The van der Waals surface area contributed by atoms with E-state index < -0.39 is 17.7 Å². The molecule has 1 aliphatic rings. The van der Waals surface area contributed by atoms with Gasteiger partial charge < -0.3 is 19.8 Å². The van der Waals surface area contributed by atoms with Gasteiger partial charge in [0.25, 0.3) is 0 Å². The number of halogens is 5. The van der Waals surface area contributed by atoms with E-state index in [1.54, 1.807) is 6.92 Å². The molecule has 2 N–H and O–H groups in total. The number of hydrogen-bond donors (Lipinski definition) is 2. The Bertz CT molecular complexity index is 1360. The summed E-state index contributed by atoms with van der Waals surface area (Å²) in [4.78, 5) is 27.0. The van der Waals surface area contributed by atoms with Crippen molar-refractivity contribution in [2.45, 2.75) is 51.5 Å². The van der Waals surface area contributed by atoms with Crippen molar-refractivity contribution >= 4 is 46.0 Å². The van der Waals surface area contributed by atoms with Gasteiger partial charge in [-0.1, -0.05) is 59.6 Å². The monoisotopic (exact) mass is 600 g/mol. The van der Waals surface area contributed by atoms with Crippen molar-refractivity contribution < 1.29 is 37.7 Å². The molecule has 2 aromatic carbocycles. The summed E-state index contributed by atoms with van der Waals surface area (Å²) in [7, 11) is 0. The van der Waals surface area contributed by atoms with Gasteiger partial charge in [0.05, 0.1) is 16.6 Å². The minimum absolute atomic E-state index is 0.0647. The van der Waals surface area contributed by atoms with Crippen molar-refractivity contribution in [2.75, 3.05) is 13.1 Å². The van der Waals surface area contributed by atoms with E-state index in [-0.39, 0.29) is 23.1 Å². The second-order valence-corrected chi connectivity index (χ2v) is 10.4. The third kappa shape index (κ3) is 6.97. The fraction of sp³-hybridized carbons (Fsp3) is 0.393. The van der Waals surface area contributed by atoms with E-state index in [0.717, 1.165) is 11.1 Å². The number of hydrogen-bond acceptors (Lipinski definition) is 5. The number of ether oxygens (including phenoxy) is 1. The summed E-state index contributed by atoms with van der Waals surface area (Å²) in [6.07, 6.45) is -3.82. The molecule has 2 heterocycles. The number of fused-ring (bicyclic) bond motifs is 1. The number of piperidine rings is 1. The van der Waals surface area contributed by atoms with E-state index in [1.165, 1.54) is 0 Å². The average Bonchev–Trinajstić information content (AvgIpc) is 2.90. The van der Waals surface area contributed by atoms with Crippen molar-refractivity contribution in [3.8, 4) is 5.75 Å². The average molecular weight is 601 g/mol. The Morgan fingerprint density at radius 3 is 2.12 bits per heavy atom. The summed E-state index contributed by atoms with van der Waals surface area (Å²) in [5, 5.41) is 20.7. The molecule has 1 aliphatic heterocycles. The molecular formula is C28H29Cl2F3N2O5. The number of carbonyl (C=O) groups is 2. The number of aromatic nitrogens is 1. The Kier molecular flexibility index (Phi) is 9.92. The van der Waals surface area contributed by atoms with Crippen LogP contribution < -0.4 is 4.74 Å². The number of carbonyl (C=O) groups excluding carboxylic acids is 1. The maximum Gasteiger partial charge on any atom is 0.490 e. The summed E-state index contributed by atoms with van der Waals surface area (Å²) in [5.41, 5.74) is 0.915. The summed E-state index contributed by atoms with van der Waals surface area (Å²) in [6.45, 7) is 6.62. The van der Waals surface area contributed by atoms with E-state index in [1.807, 2.05) is 67.3 Å². The third-order valence-electron chi connectivity index (χ3n) is 6.62. The lowest BCUT2D eigenvalue weighted by molar-refractivity contribution is -0.192. The Labute approximate surface area is 239 Å². The zero-order valence-electron chi connectivity index (χ0n) is 22.0. The molecule has 1 atom stereocenters. The molecular weight excluding hydrogens is 572 g/mol. The van der Waals surface area contributed by atoms with Gasteiger partial charge in [-0.3, -0.25) is 4.79 Å². The van der Waals surface area contributed by atoms with Crippen LogP contribution in [-0.2, 0) is 15.2 Å². The number of benzene rings is 2. The van der Waals surface area contributed by atoms with Crippen LogP contribution in [0.15, 0.2) is 48.5 Å². The van der Waals surface area contributed by atoms with Gasteiger partial charge in [-0.25, -0.2) is 9.78 Å². The van der Waals surface area contributed by atoms with Crippen LogP contribution in [0.4, 0.5) is 13.2 Å². The number of amides is 1. The first-order chi connectivity index (χ1) is 18.7. The molecule has 1 unspecified atom stereocenters. The van der Waals surface area contributed by atoms with Gasteiger partial charge in [-0.05, 0) is 55.9 Å². The molecule has 3 aromatic rings. The quantitative estimate of drug-likeness (QED) is 0.326. The molecule has 12 heteroatoms. The molecule has 0 spiro atoms. The van der Waals surface area contributed by atoms with Crippen molar-refractivity contribution in [1.29, 1.82) is 0 Å². The molecule has 1 aromatic heterocycles. The summed E-state index contributed by atoms with van der Waals surface area (Å²) < 4.78 is 37.6. The smallest absolute Gasteiger partial charge is 0.486 e. The van der Waals surface area contributed by atoms with Crippen LogP contribution in [0.2, 0.25) is 10.2 Å². The van der Waals surface area contributed by atoms with Crippen LogP contribution in [0.1, 0.15) is 44.7 Å². The molecule has 1 amide bonds. The molecule has 1 fully saturated rings. The number of nitrogens with zero attached hydrogens (tertiary/aromatic N) is 2.